The maximum absolute atomic E-state index is 5.80. The summed E-state index contributed by atoms with van der Waals surface area (Å²) < 4.78 is 5.28. The molecule has 0 unspecified atom stereocenters. The van der Waals surface area contributed by atoms with Crippen LogP contribution in [0.5, 0.6) is 5.75 Å². The third kappa shape index (κ3) is 1.95. The van der Waals surface area contributed by atoms with Crippen molar-refractivity contribution < 1.29 is 4.74 Å². The molecule has 0 aliphatic rings. The third-order valence-corrected chi connectivity index (χ3v) is 3.76. The smallest absolute Gasteiger partial charge is 0.138 e. The number of hydrogen-bond acceptors (Lipinski definition) is 4. The fourth-order valence-corrected chi connectivity index (χ4v) is 2.65. The summed E-state index contributed by atoms with van der Waals surface area (Å²) in [6, 6.07) is 11.9. The van der Waals surface area contributed by atoms with Gasteiger partial charge in [0.25, 0.3) is 0 Å². The van der Waals surface area contributed by atoms with Crippen LogP contribution in [0.4, 0.5) is 5.82 Å². The molecule has 0 spiro atoms. The lowest BCUT2D eigenvalue weighted by Gasteiger charge is -2.04. The number of ether oxygens (including phenoxy) is 1. The highest BCUT2D eigenvalue weighted by Gasteiger charge is 2.08. The maximum atomic E-state index is 5.80. The fourth-order valence-electron chi connectivity index (χ4n) is 2.65. The maximum Gasteiger partial charge on any atom is 0.138 e. The Bertz CT molecular complexity index is 990. The largest absolute Gasteiger partial charge is 0.497 e. The molecule has 1 aromatic carbocycles. The summed E-state index contributed by atoms with van der Waals surface area (Å²) in [5.74, 6) is 1.32. The van der Waals surface area contributed by atoms with Gasteiger partial charge in [-0.2, -0.15) is 0 Å². The van der Waals surface area contributed by atoms with Crippen LogP contribution in [0.2, 0.25) is 0 Å². The van der Waals surface area contributed by atoms with Crippen LogP contribution in [0.1, 0.15) is 0 Å². The summed E-state index contributed by atoms with van der Waals surface area (Å²) in [7, 11) is 1.66. The molecule has 3 N–H and O–H groups in total. The first-order valence-electron chi connectivity index (χ1n) is 6.92. The zero-order valence-corrected chi connectivity index (χ0v) is 12.0. The van der Waals surface area contributed by atoms with Gasteiger partial charge in [0.05, 0.1) is 18.8 Å². The van der Waals surface area contributed by atoms with E-state index in [0.717, 1.165) is 38.8 Å². The van der Waals surface area contributed by atoms with E-state index in [1.165, 1.54) is 0 Å². The molecule has 0 amide bonds. The molecule has 0 bridgehead atoms. The quantitative estimate of drug-likeness (QED) is 0.593. The highest BCUT2D eigenvalue weighted by atomic mass is 16.5. The number of anilines is 1. The van der Waals surface area contributed by atoms with Gasteiger partial charge in [0.15, 0.2) is 0 Å². The summed E-state index contributed by atoms with van der Waals surface area (Å²) in [6.45, 7) is 0. The van der Waals surface area contributed by atoms with Gasteiger partial charge in [-0.05, 0) is 29.8 Å². The number of nitrogen functional groups attached to an aromatic ring is 1. The molecule has 0 saturated carbocycles. The first-order chi connectivity index (χ1) is 10.7. The molecule has 0 aliphatic carbocycles. The number of aromatic nitrogens is 3. The Morgan fingerprint density at radius 3 is 2.77 bits per heavy atom. The average Bonchev–Trinajstić information content (AvgIpc) is 2.92. The highest BCUT2D eigenvalue weighted by molar-refractivity contribution is 6.07. The van der Waals surface area contributed by atoms with Gasteiger partial charge in [0.1, 0.15) is 17.2 Å². The van der Waals surface area contributed by atoms with E-state index in [2.05, 4.69) is 21.0 Å². The summed E-state index contributed by atoms with van der Waals surface area (Å²) in [5.41, 5.74) is 9.65. The molecule has 4 rings (SSSR count). The van der Waals surface area contributed by atoms with Gasteiger partial charge in [-0.1, -0.05) is 12.1 Å². The lowest BCUT2D eigenvalue weighted by Crippen LogP contribution is -1.87. The van der Waals surface area contributed by atoms with Crippen molar-refractivity contribution in [1.82, 2.24) is 15.0 Å². The van der Waals surface area contributed by atoms with Crippen LogP contribution in [0, 0.1) is 0 Å². The second kappa shape index (κ2) is 4.73. The molecule has 4 aromatic rings. The van der Waals surface area contributed by atoms with Gasteiger partial charge < -0.3 is 15.5 Å². The number of aromatic amines is 1. The van der Waals surface area contributed by atoms with Crippen LogP contribution in [0.15, 0.2) is 48.8 Å². The monoisotopic (exact) mass is 290 g/mol. The van der Waals surface area contributed by atoms with Crippen molar-refractivity contribution in [1.29, 1.82) is 0 Å². The number of rotatable bonds is 2. The van der Waals surface area contributed by atoms with Crippen molar-refractivity contribution in [2.45, 2.75) is 0 Å². The summed E-state index contributed by atoms with van der Waals surface area (Å²) >= 11 is 0. The first-order valence-corrected chi connectivity index (χ1v) is 6.92. The topological polar surface area (TPSA) is 76.8 Å². The minimum Gasteiger partial charge on any atom is -0.497 e. The molecule has 0 radical (unpaired) electrons. The SMILES string of the molecule is COc1cccc(-c2cnc3[nH]c4cnc(N)cc4c3c2)c1. The number of H-pyrrole nitrogens is 1. The van der Waals surface area contributed by atoms with Crippen molar-refractivity contribution in [2.75, 3.05) is 12.8 Å². The molecule has 5 heteroatoms. The molecule has 0 saturated heterocycles. The molecule has 3 heterocycles. The lowest BCUT2D eigenvalue weighted by molar-refractivity contribution is 0.415. The number of nitrogens with one attached hydrogen (secondary N) is 1. The Labute approximate surface area is 126 Å². The van der Waals surface area contributed by atoms with Crippen LogP contribution in [0.25, 0.3) is 33.1 Å². The minimum atomic E-state index is 0.500. The second-order valence-electron chi connectivity index (χ2n) is 5.13. The standard InChI is InChI=1S/C17H14N4O/c1-22-12-4-2-3-10(5-12)11-6-14-13-7-16(18)19-9-15(13)21-17(14)20-8-11/h2-9H,1H3,(H2,18,19)(H,20,21). The zero-order valence-electron chi connectivity index (χ0n) is 12.0. The summed E-state index contributed by atoms with van der Waals surface area (Å²) in [4.78, 5) is 11.9. The Hall–Kier alpha value is -3.08. The predicted octanol–water partition coefficient (Wildman–Crippen LogP) is 3.37. The van der Waals surface area contributed by atoms with E-state index in [1.807, 2.05) is 36.5 Å². The number of methoxy groups -OCH3 is 1. The van der Waals surface area contributed by atoms with Crippen LogP contribution in [-0.4, -0.2) is 22.1 Å². The van der Waals surface area contributed by atoms with Crippen LogP contribution < -0.4 is 10.5 Å². The average molecular weight is 290 g/mol. The number of fused-ring (bicyclic) bond motifs is 3. The third-order valence-electron chi connectivity index (χ3n) is 3.76. The summed E-state index contributed by atoms with van der Waals surface area (Å²) in [6.07, 6.45) is 3.58. The van der Waals surface area contributed by atoms with E-state index in [4.69, 9.17) is 10.5 Å². The lowest BCUT2D eigenvalue weighted by atomic mass is 10.1. The molecule has 0 aliphatic heterocycles. The normalized spacial score (nSPS) is 11.1. The molecular formula is C17H14N4O. The molecule has 22 heavy (non-hydrogen) atoms. The van der Waals surface area contributed by atoms with Gasteiger partial charge in [-0.3, -0.25) is 0 Å². The van der Waals surface area contributed by atoms with E-state index >= 15 is 0 Å². The van der Waals surface area contributed by atoms with Crippen LogP contribution >= 0.6 is 0 Å². The van der Waals surface area contributed by atoms with Crippen molar-refractivity contribution >= 4 is 27.8 Å². The number of pyridine rings is 2. The predicted molar refractivity (Wildman–Crippen MR) is 87.8 cm³/mol. The van der Waals surface area contributed by atoms with E-state index in [-0.39, 0.29) is 0 Å². The Balaban J connectivity index is 1.95. The van der Waals surface area contributed by atoms with Crippen LogP contribution in [-0.2, 0) is 0 Å². The number of hydrogen-bond donors (Lipinski definition) is 2. The highest BCUT2D eigenvalue weighted by Crippen LogP contribution is 2.30. The van der Waals surface area contributed by atoms with Gasteiger partial charge in [-0.15, -0.1) is 0 Å². The van der Waals surface area contributed by atoms with Crippen molar-refractivity contribution in [3.63, 3.8) is 0 Å². The van der Waals surface area contributed by atoms with Crippen molar-refractivity contribution in [2.24, 2.45) is 0 Å². The van der Waals surface area contributed by atoms with Crippen molar-refractivity contribution in [3.05, 3.63) is 48.8 Å². The molecule has 0 atom stereocenters. The van der Waals surface area contributed by atoms with E-state index in [9.17, 15) is 0 Å². The molecule has 3 aromatic heterocycles. The molecule has 5 nitrogen and oxygen atoms in total. The van der Waals surface area contributed by atoms with Gasteiger partial charge >= 0.3 is 0 Å². The first kappa shape index (κ1) is 12.6. The Morgan fingerprint density at radius 1 is 1.00 bits per heavy atom. The van der Waals surface area contributed by atoms with E-state index in [1.54, 1.807) is 13.3 Å². The number of nitrogens with zero attached hydrogens (tertiary/aromatic N) is 2. The van der Waals surface area contributed by atoms with E-state index < -0.39 is 0 Å². The van der Waals surface area contributed by atoms with E-state index in [0.29, 0.717) is 5.82 Å². The summed E-state index contributed by atoms with van der Waals surface area (Å²) in [5, 5.41) is 2.06. The second-order valence-corrected chi connectivity index (χ2v) is 5.13. The Morgan fingerprint density at radius 2 is 1.91 bits per heavy atom. The molecule has 0 fully saturated rings. The Kier molecular flexibility index (Phi) is 2.72. The van der Waals surface area contributed by atoms with Gasteiger partial charge in [-0.25, -0.2) is 9.97 Å². The van der Waals surface area contributed by atoms with Crippen molar-refractivity contribution in [3.8, 4) is 16.9 Å². The molecular weight excluding hydrogens is 276 g/mol. The fraction of sp³-hybridized carbons (Fsp3) is 0.0588. The minimum absolute atomic E-state index is 0.500. The molecule has 108 valence electrons. The van der Waals surface area contributed by atoms with Gasteiger partial charge in [0, 0.05) is 22.5 Å². The number of benzene rings is 1. The van der Waals surface area contributed by atoms with Crippen LogP contribution in [0.3, 0.4) is 0 Å². The zero-order chi connectivity index (χ0) is 15.1. The number of nitrogens with two attached hydrogens (primary N) is 1. The van der Waals surface area contributed by atoms with Gasteiger partial charge in [0.2, 0.25) is 0 Å².